The summed E-state index contributed by atoms with van der Waals surface area (Å²) in [7, 11) is -1.79. The molecule has 0 unspecified atom stereocenters. The van der Waals surface area contributed by atoms with Crippen molar-refractivity contribution in [1.29, 1.82) is 0 Å². The molecule has 0 aromatic heterocycles. The van der Waals surface area contributed by atoms with Crippen molar-refractivity contribution in [3.63, 3.8) is 0 Å². The molecule has 9 nitrogen and oxygen atoms in total. The molecule has 3 aliphatic heterocycles. The van der Waals surface area contributed by atoms with Gasteiger partial charge in [0.25, 0.3) is 5.91 Å². The Balaban J connectivity index is 1.46. The number of benzene rings is 2. The van der Waals surface area contributed by atoms with Crippen LogP contribution in [-0.4, -0.2) is 75.0 Å². The second kappa shape index (κ2) is 11.9. The third-order valence-electron chi connectivity index (χ3n) is 9.05. The summed E-state index contributed by atoms with van der Waals surface area (Å²) in [6, 6.07) is 14.5. The minimum atomic E-state index is -3.46. The highest BCUT2D eigenvalue weighted by Gasteiger charge is 2.66. The standard InChI is InChI=1S/C31H41FN4O5Si/c1-20-28(42(3,4)32)26(18-27(38)36(15-16-37)19-21-9-6-5-7-10-21)41-31(20)23-17-22(12-13-25(23)35(2)30(31)40)34-29(39)24-11-8-14-33-24/h5-7,9-10,12-13,17,20,24,26,28,33,37H,8,11,14-16,18-19H2,1-4H3,(H,34,39)/t20-,24+,26+,28-,31+/m0/s1. The fourth-order valence-electron chi connectivity index (χ4n) is 7.09. The summed E-state index contributed by atoms with van der Waals surface area (Å²) >= 11 is 0. The van der Waals surface area contributed by atoms with E-state index in [1.165, 1.54) is 4.90 Å². The molecule has 0 aliphatic carbocycles. The van der Waals surface area contributed by atoms with Gasteiger partial charge < -0.3 is 34.4 Å². The first-order valence-corrected chi connectivity index (χ1v) is 17.7. The Morgan fingerprint density at radius 1 is 1.24 bits per heavy atom. The summed E-state index contributed by atoms with van der Waals surface area (Å²) in [4.78, 5) is 43.6. The van der Waals surface area contributed by atoms with E-state index in [0.29, 0.717) is 23.5 Å². The predicted octanol–water partition coefficient (Wildman–Crippen LogP) is 3.54. The summed E-state index contributed by atoms with van der Waals surface area (Å²) in [5.41, 5.74) is 0.545. The van der Waals surface area contributed by atoms with Crippen LogP contribution in [0.1, 0.15) is 37.3 Å². The molecule has 2 aromatic rings. The first-order valence-electron chi connectivity index (χ1n) is 14.7. The molecule has 11 heteroatoms. The number of amides is 3. The minimum absolute atomic E-state index is 0.111. The van der Waals surface area contributed by atoms with Crippen LogP contribution in [-0.2, 0) is 31.3 Å². The van der Waals surface area contributed by atoms with E-state index in [4.69, 9.17) is 4.74 Å². The van der Waals surface area contributed by atoms with Gasteiger partial charge in [-0.2, -0.15) is 0 Å². The van der Waals surface area contributed by atoms with Crippen molar-refractivity contribution >= 4 is 37.5 Å². The number of nitrogens with zero attached hydrogens (tertiary/aromatic N) is 2. The lowest BCUT2D eigenvalue weighted by Crippen LogP contribution is -2.44. The molecule has 0 radical (unpaired) electrons. The number of hydrogen-bond donors (Lipinski definition) is 3. The summed E-state index contributed by atoms with van der Waals surface area (Å²) in [5, 5.41) is 15.8. The third-order valence-corrected chi connectivity index (χ3v) is 11.5. The van der Waals surface area contributed by atoms with E-state index in [1.54, 1.807) is 43.2 Å². The summed E-state index contributed by atoms with van der Waals surface area (Å²) in [5.74, 6) is -1.27. The Hall–Kier alpha value is -3.12. The fourth-order valence-corrected chi connectivity index (χ4v) is 9.58. The highest BCUT2D eigenvalue weighted by atomic mass is 28.4. The second-order valence-electron chi connectivity index (χ2n) is 12.2. The van der Waals surface area contributed by atoms with Crippen molar-refractivity contribution < 1.29 is 28.3 Å². The zero-order valence-electron chi connectivity index (χ0n) is 24.7. The normalized spacial score (nSPS) is 27.0. The van der Waals surface area contributed by atoms with Gasteiger partial charge in [-0.25, -0.2) is 0 Å². The van der Waals surface area contributed by atoms with Crippen molar-refractivity contribution in [3.8, 4) is 0 Å². The smallest absolute Gasteiger partial charge is 0.264 e. The minimum Gasteiger partial charge on any atom is -0.395 e. The van der Waals surface area contributed by atoms with Gasteiger partial charge in [-0.3, -0.25) is 14.4 Å². The quantitative estimate of drug-likeness (QED) is 0.302. The molecule has 42 heavy (non-hydrogen) atoms. The van der Waals surface area contributed by atoms with Gasteiger partial charge in [0.1, 0.15) is 0 Å². The van der Waals surface area contributed by atoms with Crippen LogP contribution < -0.4 is 15.5 Å². The Morgan fingerprint density at radius 3 is 2.62 bits per heavy atom. The van der Waals surface area contributed by atoms with E-state index in [1.807, 2.05) is 37.3 Å². The molecule has 226 valence electrons. The molecule has 3 N–H and O–H groups in total. The van der Waals surface area contributed by atoms with Crippen molar-refractivity contribution in [3.05, 3.63) is 59.7 Å². The Morgan fingerprint density at radius 2 is 1.98 bits per heavy atom. The fraction of sp³-hybridized carbons (Fsp3) is 0.516. The maximum Gasteiger partial charge on any atom is 0.264 e. The monoisotopic (exact) mass is 596 g/mol. The lowest BCUT2D eigenvalue weighted by atomic mass is 9.82. The number of ether oxygens (including phenoxy) is 1. The van der Waals surface area contributed by atoms with Gasteiger partial charge in [-0.05, 0) is 56.2 Å². The van der Waals surface area contributed by atoms with Crippen LogP contribution in [0, 0.1) is 5.92 Å². The molecule has 5 rings (SSSR count). The summed E-state index contributed by atoms with van der Waals surface area (Å²) in [6.07, 6.45) is 0.745. The molecule has 2 saturated heterocycles. The number of nitrogens with one attached hydrogen (secondary N) is 2. The number of rotatable bonds is 9. The predicted molar refractivity (Wildman–Crippen MR) is 161 cm³/mol. The van der Waals surface area contributed by atoms with Gasteiger partial charge in [-0.1, -0.05) is 37.3 Å². The van der Waals surface area contributed by atoms with Gasteiger partial charge in [0.15, 0.2) is 5.60 Å². The van der Waals surface area contributed by atoms with Crippen LogP contribution in [0.15, 0.2) is 48.5 Å². The Kier molecular flexibility index (Phi) is 8.57. The van der Waals surface area contributed by atoms with Crippen LogP contribution in [0.4, 0.5) is 15.5 Å². The van der Waals surface area contributed by atoms with Gasteiger partial charge in [0, 0.05) is 42.8 Å². The Bertz CT molecular complexity index is 1330. The average molecular weight is 597 g/mol. The number of carbonyl (C=O) groups is 3. The van der Waals surface area contributed by atoms with E-state index < -0.39 is 31.6 Å². The molecular formula is C31H41FN4O5Si. The van der Waals surface area contributed by atoms with Crippen LogP contribution in [0.2, 0.25) is 18.6 Å². The lowest BCUT2D eigenvalue weighted by molar-refractivity contribution is -0.149. The van der Waals surface area contributed by atoms with Gasteiger partial charge in [0.2, 0.25) is 20.2 Å². The number of aliphatic hydroxyl groups is 1. The highest BCUT2D eigenvalue weighted by Crippen LogP contribution is 2.60. The van der Waals surface area contributed by atoms with E-state index in [9.17, 15) is 19.5 Å². The second-order valence-corrected chi connectivity index (χ2v) is 16.0. The Labute approximate surface area is 247 Å². The van der Waals surface area contributed by atoms with E-state index in [0.717, 1.165) is 24.9 Å². The largest absolute Gasteiger partial charge is 0.395 e. The SMILES string of the molecule is C[C@H]1[C@H]([Si](C)(C)F)[C@@H](CC(=O)N(CCO)Cc2ccccc2)O[C@]12C(=O)N(C)c1ccc(NC(=O)[C@H]3CCCN3)cc12. The average Bonchev–Trinajstić information content (AvgIpc) is 3.64. The number of carbonyl (C=O) groups excluding carboxylic acids is 3. The number of anilines is 2. The van der Waals surface area contributed by atoms with Gasteiger partial charge in [-0.15, -0.1) is 0 Å². The zero-order valence-corrected chi connectivity index (χ0v) is 25.7. The molecule has 3 heterocycles. The molecule has 3 aliphatic rings. The van der Waals surface area contributed by atoms with Crippen molar-refractivity contribution in [2.75, 3.05) is 37.0 Å². The van der Waals surface area contributed by atoms with Crippen molar-refractivity contribution in [1.82, 2.24) is 10.2 Å². The van der Waals surface area contributed by atoms with Crippen molar-refractivity contribution in [2.24, 2.45) is 5.92 Å². The van der Waals surface area contributed by atoms with E-state index >= 15 is 4.11 Å². The zero-order chi connectivity index (χ0) is 30.2. The first kappa shape index (κ1) is 30.3. The third kappa shape index (κ3) is 5.50. The molecule has 5 atom stereocenters. The number of aliphatic hydroxyl groups excluding tert-OH is 1. The van der Waals surface area contributed by atoms with Crippen LogP contribution in [0.5, 0.6) is 0 Å². The number of halogens is 1. The number of fused-ring (bicyclic) bond motifs is 2. The summed E-state index contributed by atoms with van der Waals surface area (Å²) in [6.45, 7) is 6.05. The molecule has 0 saturated carbocycles. The maximum atomic E-state index is 16.1. The topological polar surface area (TPSA) is 111 Å². The molecule has 1 spiro atoms. The molecule has 2 aromatic carbocycles. The van der Waals surface area contributed by atoms with E-state index in [-0.39, 0.29) is 43.3 Å². The maximum absolute atomic E-state index is 16.1. The number of likely N-dealkylation sites (N-methyl/N-ethyl adjacent to an activating group) is 1. The highest BCUT2D eigenvalue weighted by molar-refractivity contribution is 6.72. The molecule has 0 bridgehead atoms. The van der Waals surface area contributed by atoms with Crippen LogP contribution in [0.25, 0.3) is 0 Å². The van der Waals surface area contributed by atoms with Crippen LogP contribution >= 0.6 is 0 Å². The van der Waals surface area contributed by atoms with Gasteiger partial charge >= 0.3 is 0 Å². The number of hydrogen-bond acceptors (Lipinski definition) is 6. The summed E-state index contributed by atoms with van der Waals surface area (Å²) < 4.78 is 22.8. The first-order chi connectivity index (χ1) is 20.0. The molecule has 3 amide bonds. The molecule has 2 fully saturated rings. The van der Waals surface area contributed by atoms with Gasteiger partial charge in [0.05, 0.1) is 30.9 Å². The van der Waals surface area contributed by atoms with E-state index in [2.05, 4.69) is 10.6 Å². The van der Waals surface area contributed by atoms with Crippen LogP contribution in [0.3, 0.4) is 0 Å². The molecular weight excluding hydrogens is 555 g/mol. The van der Waals surface area contributed by atoms with Crippen molar-refractivity contribution in [2.45, 2.75) is 69.1 Å². The lowest BCUT2D eigenvalue weighted by Gasteiger charge is -2.31.